The van der Waals surface area contributed by atoms with Crippen LogP contribution in [0, 0.1) is 0 Å². The van der Waals surface area contributed by atoms with Crippen LogP contribution in [0.2, 0.25) is 0 Å². The van der Waals surface area contributed by atoms with Crippen molar-refractivity contribution in [1.29, 1.82) is 0 Å². The van der Waals surface area contributed by atoms with E-state index in [2.05, 4.69) is 17.6 Å². The quantitative estimate of drug-likeness (QED) is 0.624. The molecule has 0 radical (unpaired) electrons. The third-order valence-corrected chi connectivity index (χ3v) is 4.29. The number of carboxylic acids is 1. The number of hydrogen-bond acceptors (Lipinski definition) is 2. The van der Waals surface area contributed by atoms with Crippen molar-refractivity contribution in [1.82, 2.24) is 9.55 Å². The summed E-state index contributed by atoms with van der Waals surface area (Å²) in [6.07, 6.45) is 4.65. The molecule has 124 valence electrons. The Labute approximate surface area is 141 Å². The van der Waals surface area contributed by atoms with Crippen LogP contribution in [0.1, 0.15) is 43.0 Å². The molecule has 0 fully saturated rings. The summed E-state index contributed by atoms with van der Waals surface area (Å²) in [5.74, 6) is -0.180. The number of carbonyl (C=O) groups is 1. The van der Waals surface area contributed by atoms with Crippen LogP contribution >= 0.6 is 0 Å². The van der Waals surface area contributed by atoms with Gasteiger partial charge < -0.3 is 9.67 Å². The second kappa shape index (κ2) is 7.30. The van der Waals surface area contributed by atoms with Crippen LogP contribution in [0.15, 0.2) is 48.5 Å². The maximum atomic E-state index is 11.6. The van der Waals surface area contributed by atoms with E-state index in [1.54, 1.807) is 12.1 Å². The predicted molar refractivity (Wildman–Crippen MR) is 96.3 cm³/mol. The zero-order valence-corrected chi connectivity index (χ0v) is 13.9. The summed E-state index contributed by atoms with van der Waals surface area (Å²) < 4.78 is 2.16. The Morgan fingerprint density at radius 2 is 1.79 bits per heavy atom. The van der Waals surface area contributed by atoms with Crippen LogP contribution in [-0.4, -0.2) is 20.6 Å². The number of aromatic carboxylic acids is 1. The van der Waals surface area contributed by atoms with Crippen molar-refractivity contribution in [3.8, 4) is 11.4 Å². The number of aromatic nitrogens is 2. The fraction of sp³-hybridized carbons (Fsp3) is 0.300. The van der Waals surface area contributed by atoms with Gasteiger partial charge in [0.25, 0.3) is 0 Å². The summed E-state index contributed by atoms with van der Waals surface area (Å²) in [6.45, 7) is 3.05. The first kappa shape index (κ1) is 16.2. The van der Waals surface area contributed by atoms with Crippen LogP contribution in [-0.2, 0) is 6.54 Å². The van der Waals surface area contributed by atoms with E-state index in [0.29, 0.717) is 11.1 Å². The van der Waals surface area contributed by atoms with E-state index < -0.39 is 5.97 Å². The van der Waals surface area contributed by atoms with Gasteiger partial charge in [-0.05, 0) is 24.6 Å². The number of carboxylic acid groups (broad SMARTS) is 1. The highest BCUT2D eigenvalue weighted by atomic mass is 16.4. The number of nitrogens with zero attached hydrogens (tertiary/aromatic N) is 2. The third kappa shape index (κ3) is 3.18. The molecule has 1 aromatic heterocycles. The summed E-state index contributed by atoms with van der Waals surface area (Å²) in [5, 5.41) is 9.50. The Bertz CT molecular complexity index is 852. The summed E-state index contributed by atoms with van der Waals surface area (Å²) in [6, 6.07) is 15.1. The molecule has 0 bridgehead atoms. The lowest BCUT2D eigenvalue weighted by molar-refractivity contribution is 0.0697. The second-order valence-corrected chi connectivity index (χ2v) is 5.99. The van der Waals surface area contributed by atoms with E-state index >= 15 is 0 Å². The molecule has 4 heteroatoms. The van der Waals surface area contributed by atoms with Crippen molar-refractivity contribution in [2.45, 2.75) is 39.2 Å². The first-order chi connectivity index (χ1) is 11.7. The van der Waals surface area contributed by atoms with E-state index in [-0.39, 0.29) is 0 Å². The molecule has 0 aliphatic carbocycles. The maximum absolute atomic E-state index is 11.6. The van der Waals surface area contributed by atoms with Gasteiger partial charge in [0.05, 0.1) is 16.6 Å². The molecule has 0 atom stereocenters. The van der Waals surface area contributed by atoms with Gasteiger partial charge in [-0.3, -0.25) is 0 Å². The summed E-state index contributed by atoms with van der Waals surface area (Å²) in [5.41, 5.74) is 2.94. The van der Waals surface area contributed by atoms with Gasteiger partial charge in [-0.15, -0.1) is 0 Å². The van der Waals surface area contributed by atoms with Crippen molar-refractivity contribution >= 4 is 17.0 Å². The van der Waals surface area contributed by atoms with Crippen molar-refractivity contribution < 1.29 is 9.90 Å². The third-order valence-electron chi connectivity index (χ3n) is 4.29. The Morgan fingerprint density at radius 1 is 1.04 bits per heavy atom. The number of hydrogen-bond donors (Lipinski definition) is 1. The molecule has 0 aliphatic rings. The molecule has 0 amide bonds. The first-order valence-corrected chi connectivity index (χ1v) is 8.50. The predicted octanol–water partition coefficient (Wildman–Crippen LogP) is 4.98. The summed E-state index contributed by atoms with van der Waals surface area (Å²) >= 11 is 0. The first-order valence-electron chi connectivity index (χ1n) is 8.50. The molecular formula is C20H22N2O2. The molecule has 0 aliphatic heterocycles. The Balaban J connectivity index is 2.08. The van der Waals surface area contributed by atoms with E-state index in [4.69, 9.17) is 4.98 Å². The zero-order valence-electron chi connectivity index (χ0n) is 13.9. The second-order valence-electron chi connectivity index (χ2n) is 5.99. The highest BCUT2D eigenvalue weighted by molar-refractivity contribution is 5.96. The van der Waals surface area contributed by atoms with Gasteiger partial charge in [-0.25, -0.2) is 9.78 Å². The fourth-order valence-electron chi connectivity index (χ4n) is 3.07. The normalized spacial score (nSPS) is 11.0. The van der Waals surface area contributed by atoms with Crippen molar-refractivity contribution in [3.63, 3.8) is 0 Å². The van der Waals surface area contributed by atoms with Gasteiger partial charge in [0.15, 0.2) is 0 Å². The van der Waals surface area contributed by atoms with Gasteiger partial charge in [0.1, 0.15) is 5.82 Å². The van der Waals surface area contributed by atoms with Crippen LogP contribution in [0.3, 0.4) is 0 Å². The number of fused-ring (bicyclic) bond motifs is 1. The number of unbranched alkanes of at least 4 members (excludes halogenated alkanes) is 3. The molecule has 0 saturated carbocycles. The van der Waals surface area contributed by atoms with Crippen molar-refractivity contribution in [2.75, 3.05) is 0 Å². The Hall–Kier alpha value is -2.62. The Kier molecular flexibility index (Phi) is 4.94. The van der Waals surface area contributed by atoms with Crippen LogP contribution < -0.4 is 0 Å². The molecule has 3 rings (SSSR count). The van der Waals surface area contributed by atoms with Gasteiger partial charge in [0, 0.05) is 12.1 Å². The molecule has 0 saturated heterocycles. The van der Waals surface area contributed by atoms with Crippen molar-refractivity contribution in [2.24, 2.45) is 0 Å². The highest BCUT2D eigenvalue weighted by Gasteiger charge is 2.17. The Morgan fingerprint density at radius 3 is 2.58 bits per heavy atom. The molecule has 2 aromatic carbocycles. The monoisotopic (exact) mass is 322 g/mol. The van der Waals surface area contributed by atoms with E-state index in [9.17, 15) is 9.90 Å². The van der Waals surface area contributed by atoms with E-state index in [1.807, 2.05) is 30.3 Å². The van der Waals surface area contributed by atoms with E-state index in [0.717, 1.165) is 29.8 Å². The van der Waals surface area contributed by atoms with Crippen LogP contribution in [0.5, 0.6) is 0 Å². The maximum Gasteiger partial charge on any atom is 0.336 e. The van der Waals surface area contributed by atoms with Crippen LogP contribution in [0.4, 0.5) is 0 Å². The van der Waals surface area contributed by atoms with Gasteiger partial charge in [-0.2, -0.15) is 0 Å². The fourth-order valence-corrected chi connectivity index (χ4v) is 3.07. The average Bonchev–Trinajstić information content (AvgIpc) is 2.97. The SMILES string of the molecule is CCCCCCn1c(-c2ccccc2C(=O)O)nc2ccccc21. The molecule has 1 heterocycles. The molecule has 4 nitrogen and oxygen atoms in total. The number of benzene rings is 2. The lowest BCUT2D eigenvalue weighted by atomic mass is 10.1. The lowest BCUT2D eigenvalue weighted by Gasteiger charge is -2.11. The number of para-hydroxylation sites is 2. The standard InChI is InChI=1S/C20H22N2O2/c1-2-3-4-9-14-22-18-13-8-7-12-17(18)21-19(22)15-10-5-6-11-16(15)20(23)24/h5-8,10-13H,2-4,9,14H2,1H3,(H,23,24). The summed E-state index contributed by atoms with van der Waals surface area (Å²) in [4.78, 5) is 16.3. The molecule has 0 spiro atoms. The van der Waals surface area contributed by atoms with Gasteiger partial charge in [-0.1, -0.05) is 56.5 Å². The number of imidazole rings is 1. The molecule has 0 unspecified atom stereocenters. The molecule has 24 heavy (non-hydrogen) atoms. The molecule has 3 aromatic rings. The van der Waals surface area contributed by atoms with E-state index in [1.165, 1.54) is 19.3 Å². The lowest BCUT2D eigenvalue weighted by Crippen LogP contribution is -2.05. The van der Waals surface area contributed by atoms with Crippen molar-refractivity contribution in [3.05, 3.63) is 54.1 Å². The minimum absolute atomic E-state index is 0.294. The topological polar surface area (TPSA) is 55.1 Å². The minimum atomic E-state index is -0.921. The smallest absolute Gasteiger partial charge is 0.336 e. The molecular weight excluding hydrogens is 300 g/mol. The average molecular weight is 322 g/mol. The van der Waals surface area contributed by atoms with Gasteiger partial charge >= 0.3 is 5.97 Å². The highest BCUT2D eigenvalue weighted by Crippen LogP contribution is 2.28. The van der Waals surface area contributed by atoms with Crippen LogP contribution in [0.25, 0.3) is 22.4 Å². The minimum Gasteiger partial charge on any atom is -0.478 e. The number of aryl methyl sites for hydroxylation is 1. The largest absolute Gasteiger partial charge is 0.478 e. The van der Waals surface area contributed by atoms with Gasteiger partial charge in [0.2, 0.25) is 0 Å². The zero-order chi connectivity index (χ0) is 16.9. The molecule has 1 N–H and O–H groups in total. The summed E-state index contributed by atoms with van der Waals surface area (Å²) in [7, 11) is 0. The number of rotatable bonds is 7.